The summed E-state index contributed by atoms with van der Waals surface area (Å²) >= 11 is 0. The number of hydrogen-bond donors (Lipinski definition) is 2. The molecule has 1 aromatic rings. The van der Waals surface area contributed by atoms with Gasteiger partial charge >= 0.3 is 0 Å². The standard InChI is InChI=1S/C14H23NO4S/c1-4-6-12(16)10-15-20(17,18)13-7-8-14(19-5-2)11(3)9-13/h7-9,12,15-16H,4-6,10H2,1-3H3. The van der Waals surface area contributed by atoms with E-state index >= 15 is 0 Å². The number of nitrogens with one attached hydrogen (secondary N) is 1. The fourth-order valence-corrected chi connectivity index (χ4v) is 2.99. The fraction of sp³-hybridized carbons (Fsp3) is 0.571. The lowest BCUT2D eigenvalue weighted by molar-refractivity contribution is 0.167. The van der Waals surface area contributed by atoms with Crippen molar-refractivity contribution in [3.63, 3.8) is 0 Å². The Balaban J connectivity index is 2.80. The van der Waals surface area contributed by atoms with Crippen molar-refractivity contribution in [2.24, 2.45) is 0 Å². The number of aliphatic hydroxyl groups is 1. The predicted octanol–water partition coefficient (Wildman–Crippen LogP) is 1.83. The molecule has 0 aliphatic heterocycles. The van der Waals surface area contributed by atoms with Gasteiger partial charge in [0, 0.05) is 6.54 Å². The van der Waals surface area contributed by atoms with Crippen LogP contribution in [0.3, 0.4) is 0 Å². The molecule has 0 amide bonds. The van der Waals surface area contributed by atoms with E-state index in [-0.39, 0.29) is 11.4 Å². The molecular weight excluding hydrogens is 278 g/mol. The average molecular weight is 301 g/mol. The van der Waals surface area contributed by atoms with Crippen molar-refractivity contribution >= 4 is 10.0 Å². The van der Waals surface area contributed by atoms with E-state index in [1.807, 2.05) is 13.8 Å². The van der Waals surface area contributed by atoms with Gasteiger partial charge in [-0.25, -0.2) is 13.1 Å². The Kier molecular flexibility index (Phi) is 6.45. The van der Waals surface area contributed by atoms with Crippen LogP contribution in [0, 0.1) is 6.92 Å². The smallest absolute Gasteiger partial charge is 0.240 e. The summed E-state index contributed by atoms with van der Waals surface area (Å²) < 4.78 is 32.0. The number of sulfonamides is 1. The minimum atomic E-state index is -3.59. The largest absolute Gasteiger partial charge is 0.494 e. The van der Waals surface area contributed by atoms with Crippen molar-refractivity contribution in [3.8, 4) is 5.75 Å². The van der Waals surface area contributed by atoms with Crippen molar-refractivity contribution in [1.29, 1.82) is 0 Å². The Labute approximate surface area is 121 Å². The summed E-state index contributed by atoms with van der Waals surface area (Å²) in [6, 6.07) is 4.72. The maximum atomic E-state index is 12.1. The van der Waals surface area contributed by atoms with Crippen molar-refractivity contribution in [1.82, 2.24) is 4.72 Å². The lowest BCUT2D eigenvalue weighted by atomic mass is 10.2. The van der Waals surface area contributed by atoms with Gasteiger partial charge in [-0.2, -0.15) is 0 Å². The topological polar surface area (TPSA) is 75.6 Å². The van der Waals surface area contributed by atoms with Crippen LogP contribution in [0.1, 0.15) is 32.3 Å². The van der Waals surface area contributed by atoms with Gasteiger partial charge in [0.05, 0.1) is 17.6 Å². The van der Waals surface area contributed by atoms with Gasteiger partial charge < -0.3 is 9.84 Å². The molecule has 1 rings (SSSR count). The zero-order valence-corrected chi connectivity index (χ0v) is 13.0. The van der Waals surface area contributed by atoms with Crippen LogP contribution in [0.2, 0.25) is 0 Å². The highest BCUT2D eigenvalue weighted by Gasteiger charge is 2.16. The molecule has 0 heterocycles. The summed E-state index contributed by atoms with van der Waals surface area (Å²) in [6.45, 7) is 6.18. The fourth-order valence-electron chi connectivity index (χ4n) is 1.83. The Morgan fingerprint density at radius 2 is 2.05 bits per heavy atom. The van der Waals surface area contributed by atoms with E-state index in [4.69, 9.17) is 4.74 Å². The summed E-state index contributed by atoms with van der Waals surface area (Å²) in [5, 5.41) is 9.58. The maximum absolute atomic E-state index is 12.1. The molecule has 20 heavy (non-hydrogen) atoms. The highest BCUT2D eigenvalue weighted by molar-refractivity contribution is 7.89. The monoisotopic (exact) mass is 301 g/mol. The summed E-state index contributed by atoms with van der Waals surface area (Å²) in [4.78, 5) is 0.183. The molecule has 0 radical (unpaired) electrons. The van der Waals surface area contributed by atoms with Crippen LogP contribution in [0.25, 0.3) is 0 Å². The molecule has 0 spiro atoms. The van der Waals surface area contributed by atoms with Gasteiger partial charge in [0.25, 0.3) is 0 Å². The first-order valence-corrected chi connectivity index (χ1v) is 8.30. The van der Waals surface area contributed by atoms with Crippen molar-refractivity contribution < 1.29 is 18.3 Å². The molecule has 0 saturated carbocycles. The molecule has 2 N–H and O–H groups in total. The molecule has 0 aliphatic rings. The molecule has 0 aromatic heterocycles. The van der Waals surface area contributed by atoms with Gasteiger partial charge in [-0.3, -0.25) is 0 Å². The Morgan fingerprint density at radius 3 is 2.60 bits per heavy atom. The molecule has 6 heteroatoms. The van der Waals surface area contributed by atoms with E-state index in [2.05, 4.69) is 4.72 Å². The van der Waals surface area contributed by atoms with Crippen LogP contribution >= 0.6 is 0 Å². The molecule has 1 unspecified atom stereocenters. The number of rotatable bonds is 8. The van der Waals surface area contributed by atoms with E-state index in [0.29, 0.717) is 18.8 Å². The van der Waals surface area contributed by atoms with Gasteiger partial charge in [-0.15, -0.1) is 0 Å². The first kappa shape index (κ1) is 16.9. The lowest BCUT2D eigenvalue weighted by Crippen LogP contribution is -2.32. The average Bonchev–Trinajstić information content (AvgIpc) is 2.39. The Morgan fingerprint density at radius 1 is 1.35 bits per heavy atom. The molecular formula is C14H23NO4S. The number of hydrogen-bond acceptors (Lipinski definition) is 4. The third kappa shape index (κ3) is 4.77. The molecule has 114 valence electrons. The van der Waals surface area contributed by atoms with E-state index in [0.717, 1.165) is 12.0 Å². The summed E-state index contributed by atoms with van der Waals surface area (Å²) in [6.07, 6.45) is 0.731. The second-order valence-electron chi connectivity index (χ2n) is 4.65. The van der Waals surface area contributed by atoms with Crippen LogP contribution in [0.4, 0.5) is 0 Å². The van der Waals surface area contributed by atoms with Crippen LogP contribution in [0.5, 0.6) is 5.75 Å². The van der Waals surface area contributed by atoms with Crippen LogP contribution in [-0.2, 0) is 10.0 Å². The highest BCUT2D eigenvalue weighted by atomic mass is 32.2. The quantitative estimate of drug-likeness (QED) is 0.768. The summed E-state index contributed by atoms with van der Waals surface area (Å²) in [5.74, 6) is 0.678. The zero-order chi connectivity index (χ0) is 15.2. The first-order chi connectivity index (χ1) is 9.40. The highest BCUT2D eigenvalue weighted by Crippen LogP contribution is 2.21. The number of benzene rings is 1. The third-order valence-electron chi connectivity index (χ3n) is 2.89. The Hall–Kier alpha value is -1.11. The van der Waals surface area contributed by atoms with Gasteiger partial charge in [-0.1, -0.05) is 13.3 Å². The van der Waals surface area contributed by atoms with Crippen molar-refractivity contribution in [3.05, 3.63) is 23.8 Å². The first-order valence-electron chi connectivity index (χ1n) is 6.81. The van der Waals surface area contributed by atoms with E-state index in [1.54, 1.807) is 19.1 Å². The van der Waals surface area contributed by atoms with Crippen molar-refractivity contribution in [2.45, 2.75) is 44.6 Å². The maximum Gasteiger partial charge on any atom is 0.240 e. The molecule has 1 aromatic carbocycles. The van der Waals surface area contributed by atoms with E-state index < -0.39 is 16.1 Å². The summed E-state index contributed by atoms with van der Waals surface area (Å²) in [7, 11) is -3.59. The second kappa shape index (κ2) is 7.61. The minimum absolute atomic E-state index is 0.0302. The number of ether oxygens (including phenoxy) is 1. The minimum Gasteiger partial charge on any atom is -0.494 e. The normalized spacial score (nSPS) is 13.2. The molecule has 0 fully saturated rings. The predicted molar refractivity (Wildman–Crippen MR) is 78.5 cm³/mol. The molecule has 0 saturated heterocycles. The van der Waals surface area contributed by atoms with E-state index in [9.17, 15) is 13.5 Å². The van der Waals surface area contributed by atoms with Crippen LogP contribution in [-0.4, -0.2) is 32.8 Å². The van der Waals surface area contributed by atoms with Gasteiger partial charge in [0.15, 0.2) is 0 Å². The molecule has 1 atom stereocenters. The summed E-state index contributed by atoms with van der Waals surface area (Å²) in [5.41, 5.74) is 0.767. The van der Waals surface area contributed by atoms with Gasteiger partial charge in [0.1, 0.15) is 5.75 Å². The van der Waals surface area contributed by atoms with Gasteiger partial charge in [-0.05, 0) is 44.0 Å². The van der Waals surface area contributed by atoms with Crippen molar-refractivity contribution in [2.75, 3.05) is 13.2 Å². The molecule has 5 nitrogen and oxygen atoms in total. The second-order valence-corrected chi connectivity index (χ2v) is 6.42. The Bertz CT molecular complexity index is 528. The SMILES string of the molecule is CCCC(O)CNS(=O)(=O)c1ccc(OCC)c(C)c1. The van der Waals surface area contributed by atoms with Crippen LogP contribution < -0.4 is 9.46 Å². The number of aryl methyl sites for hydroxylation is 1. The van der Waals surface area contributed by atoms with E-state index in [1.165, 1.54) is 6.07 Å². The zero-order valence-electron chi connectivity index (χ0n) is 12.2. The molecule has 0 aliphatic carbocycles. The van der Waals surface area contributed by atoms with Crippen LogP contribution in [0.15, 0.2) is 23.1 Å². The third-order valence-corrected chi connectivity index (χ3v) is 4.31. The molecule has 0 bridgehead atoms. The number of aliphatic hydroxyl groups excluding tert-OH is 1. The van der Waals surface area contributed by atoms with Gasteiger partial charge in [0.2, 0.25) is 10.0 Å². The lowest BCUT2D eigenvalue weighted by Gasteiger charge is -2.13.